The van der Waals surface area contributed by atoms with Crippen molar-refractivity contribution in [1.82, 2.24) is 0 Å². The number of rotatable bonds is 5. The molecule has 1 aromatic rings. The Kier molecular flexibility index (Phi) is 4.48. The summed E-state index contributed by atoms with van der Waals surface area (Å²) in [6.45, 7) is 6.07. The first-order chi connectivity index (χ1) is 7.53. The summed E-state index contributed by atoms with van der Waals surface area (Å²) in [5.74, 6) is 0.0831. The van der Waals surface area contributed by atoms with Gasteiger partial charge in [0.05, 0.1) is 5.60 Å². The van der Waals surface area contributed by atoms with Crippen LogP contribution in [0.2, 0.25) is 0 Å². The summed E-state index contributed by atoms with van der Waals surface area (Å²) in [5, 5.41) is 10.5. The molecular weight excluding hydrogens is 203 g/mol. The molecule has 90 valence electrons. The van der Waals surface area contributed by atoms with Crippen LogP contribution in [0.15, 0.2) is 24.3 Å². The lowest BCUT2D eigenvalue weighted by Gasteiger charge is -2.30. The van der Waals surface area contributed by atoms with E-state index in [1.165, 1.54) is 6.07 Å². The maximum atomic E-state index is 13.7. The van der Waals surface area contributed by atoms with E-state index in [1.807, 2.05) is 6.92 Å². The van der Waals surface area contributed by atoms with Gasteiger partial charge >= 0.3 is 0 Å². The van der Waals surface area contributed by atoms with Crippen LogP contribution in [-0.2, 0) is 5.60 Å². The zero-order chi connectivity index (χ0) is 12.2. The molecule has 0 saturated carbocycles. The first-order valence-corrected chi connectivity index (χ1v) is 6.01. The summed E-state index contributed by atoms with van der Waals surface area (Å²) in [4.78, 5) is 0. The van der Waals surface area contributed by atoms with E-state index in [4.69, 9.17) is 0 Å². The van der Waals surface area contributed by atoms with Gasteiger partial charge in [-0.2, -0.15) is 0 Å². The summed E-state index contributed by atoms with van der Waals surface area (Å²) >= 11 is 0. The van der Waals surface area contributed by atoms with Crippen LogP contribution in [0, 0.1) is 11.7 Å². The van der Waals surface area contributed by atoms with Crippen molar-refractivity contribution in [3.05, 3.63) is 35.6 Å². The highest BCUT2D eigenvalue weighted by Gasteiger charge is 2.31. The summed E-state index contributed by atoms with van der Waals surface area (Å²) in [6, 6.07) is 6.52. The van der Waals surface area contributed by atoms with E-state index in [0.29, 0.717) is 24.3 Å². The summed E-state index contributed by atoms with van der Waals surface area (Å²) in [6.07, 6.45) is 2.15. The minimum atomic E-state index is -1.03. The molecule has 1 rings (SSSR count). The van der Waals surface area contributed by atoms with Crippen molar-refractivity contribution in [2.24, 2.45) is 5.92 Å². The maximum absolute atomic E-state index is 13.7. The summed E-state index contributed by atoms with van der Waals surface area (Å²) in [7, 11) is 0. The molecule has 0 radical (unpaired) electrons. The molecule has 1 aromatic carbocycles. The van der Waals surface area contributed by atoms with Gasteiger partial charge in [-0.3, -0.25) is 0 Å². The molecule has 0 amide bonds. The van der Waals surface area contributed by atoms with Gasteiger partial charge in [0, 0.05) is 5.56 Å². The highest BCUT2D eigenvalue weighted by molar-refractivity contribution is 5.24. The van der Waals surface area contributed by atoms with Crippen LogP contribution in [0.5, 0.6) is 0 Å². The molecule has 0 aliphatic heterocycles. The molecule has 0 aliphatic carbocycles. The van der Waals surface area contributed by atoms with Crippen molar-refractivity contribution < 1.29 is 9.50 Å². The zero-order valence-corrected chi connectivity index (χ0v) is 10.3. The van der Waals surface area contributed by atoms with Gasteiger partial charge in [0.1, 0.15) is 5.82 Å². The molecule has 0 aromatic heterocycles. The fraction of sp³-hybridized carbons (Fsp3) is 0.571. The molecule has 0 heterocycles. The standard InChI is InChI=1S/C14H21FO/c1-4-11(3)10-14(16,5-2)12-8-6-7-9-13(12)15/h6-9,11,16H,4-5,10H2,1-3H3. The fourth-order valence-electron chi connectivity index (χ4n) is 2.00. The molecule has 2 unspecified atom stereocenters. The maximum Gasteiger partial charge on any atom is 0.129 e. The van der Waals surface area contributed by atoms with Crippen LogP contribution in [0.25, 0.3) is 0 Å². The monoisotopic (exact) mass is 224 g/mol. The van der Waals surface area contributed by atoms with E-state index in [9.17, 15) is 9.50 Å². The van der Waals surface area contributed by atoms with Gasteiger partial charge in [-0.15, -0.1) is 0 Å². The van der Waals surface area contributed by atoms with Crippen molar-refractivity contribution in [1.29, 1.82) is 0 Å². The number of halogens is 1. The van der Waals surface area contributed by atoms with Gasteiger partial charge in [0.15, 0.2) is 0 Å². The summed E-state index contributed by atoms with van der Waals surface area (Å²) in [5.41, 5.74) is -0.598. The Morgan fingerprint density at radius 3 is 2.44 bits per heavy atom. The second-order valence-corrected chi connectivity index (χ2v) is 4.58. The Bertz CT molecular complexity index is 337. The molecule has 0 spiro atoms. The number of hydrogen-bond acceptors (Lipinski definition) is 1. The highest BCUT2D eigenvalue weighted by atomic mass is 19.1. The Balaban J connectivity index is 3.00. The molecule has 1 N–H and O–H groups in total. The van der Waals surface area contributed by atoms with Gasteiger partial charge in [0.25, 0.3) is 0 Å². The average molecular weight is 224 g/mol. The lowest BCUT2D eigenvalue weighted by molar-refractivity contribution is 0.00547. The van der Waals surface area contributed by atoms with E-state index in [-0.39, 0.29) is 5.82 Å². The fourth-order valence-corrected chi connectivity index (χ4v) is 2.00. The first-order valence-electron chi connectivity index (χ1n) is 6.01. The van der Waals surface area contributed by atoms with Gasteiger partial charge in [0.2, 0.25) is 0 Å². The zero-order valence-electron chi connectivity index (χ0n) is 10.3. The molecule has 1 nitrogen and oxygen atoms in total. The first kappa shape index (κ1) is 13.2. The third kappa shape index (κ3) is 2.82. The Hall–Kier alpha value is -0.890. The Labute approximate surface area is 97.3 Å². The minimum Gasteiger partial charge on any atom is -0.385 e. The smallest absolute Gasteiger partial charge is 0.129 e. The average Bonchev–Trinajstić information content (AvgIpc) is 2.29. The number of hydrogen-bond donors (Lipinski definition) is 1. The van der Waals surface area contributed by atoms with Crippen molar-refractivity contribution in [2.45, 2.75) is 45.6 Å². The van der Waals surface area contributed by atoms with E-state index in [0.717, 1.165) is 6.42 Å². The quantitative estimate of drug-likeness (QED) is 0.805. The largest absolute Gasteiger partial charge is 0.385 e. The molecular formula is C14H21FO. The van der Waals surface area contributed by atoms with Crippen molar-refractivity contribution in [2.75, 3.05) is 0 Å². The molecule has 2 heteroatoms. The summed E-state index contributed by atoms with van der Waals surface area (Å²) < 4.78 is 13.7. The Morgan fingerprint density at radius 1 is 1.31 bits per heavy atom. The van der Waals surface area contributed by atoms with Gasteiger partial charge in [-0.05, 0) is 24.8 Å². The second-order valence-electron chi connectivity index (χ2n) is 4.58. The lowest BCUT2D eigenvalue weighted by Crippen LogP contribution is -2.28. The molecule has 0 aliphatic rings. The van der Waals surface area contributed by atoms with Crippen molar-refractivity contribution >= 4 is 0 Å². The van der Waals surface area contributed by atoms with E-state index < -0.39 is 5.60 Å². The van der Waals surface area contributed by atoms with Gasteiger partial charge < -0.3 is 5.11 Å². The predicted molar refractivity (Wildman–Crippen MR) is 64.7 cm³/mol. The van der Waals surface area contributed by atoms with Crippen LogP contribution in [0.1, 0.15) is 45.6 Å². The van der Waals surface area contributed by atoms with Crippen LogP contribution < -0.4 is 0 Å². The molecule has 0 bridgehead atoms. The number of benzene rings is 1. The topological polar surface area (TPSA) is 20.2 Å². The SMILES string of the molecule is CCC(C)CC(O)(CC)c1ccccc1F. The number of aliphatic hydroxyl groups is 1. The van der Waals surface area contributed by atoms with Crippen LogP contribution >= 0.6 is 0 Å². The Morgan fingerprint density at radius 2 is 1.94 bits per heavy atom. The van der Waals surface area contributed by atoms with Gasteiger partial charge in [-0.1, -0.05) is 45.4 Å². The van der Waals surface area contributed by atoms with Gasteiger partial charge in [-0.25, -0.2) is 4.39 Å². The molecule has 16 heavy (non-hydrogen) atoms. The lowest BCUT2D eigenvalue weighted by atomic mass is 9.82. The normalized spacial score (nSPS) is 16.8. The molecule has 2 atom stereocenters. The molecule has 0 fully saturated rings. The molecule has 0 saturated heterocycles. The van der Waals surface area contributed by atoms with Crippen LogP contribution in [-0.4, -0.2) is 5.11 Å². The highest BCUT2D eigenvalue weighted by Crippen LogP contribution is 2.34. The van der Waals surface area contributed by atoms with Crippen molar-refractivity contribution in [3.63, 3.8) is 0 Å². The second kappa shape index (κ2) is 5.44. The third-order valence-electron chi connectivity index (χ3n) is 3.34. The van der Waals surface area contributed by atoms with E-state index >= 15 is 0 Å². The van der Waals surface area contributed by atoms with Crippen LogP contribution in [0.3, 0.4) is 0 Å². The third-order valence-corrected chi connectivity index (χ3v) is 3.34. The van der Waals surface area contributed by atoms with Crippen LogP contribution in [0.4, 0.5) is 4.39 Å². The van der Waals surface area contributed by atoms with E-state index in [2.05, 4.69) is 13.8 Å². The van der Waals surface area contributed by atoms with E-state index in [1.54, 1.807) is 18.2 Å². The minimum absolute atomic E-state index is 0.310. The predicted octanol–water partition coefficient (Wildman–Crippen LogP) is 3.86. The van der Waals surface area contributed by atoms with Crippen molar-refractivity contribution in [3.8, 4) is 0 Å².